The van der Waals surface area contributed by atoms with Gasteiger partial charge in [-0.15, -0.1) is 0 Å². The largest absolute Gasteiger partial charge is 0.355 e. The van der Waals surface area contributed by atoms with Crippen LogP contribution in [0.4, 0.5) is 11.4 Å². The molecule has 0 aliphatic rings. The summed E-state index contributed by atoms with van der Waals surface area (Å²) in [6, 6.07) is 16.7. The van der Waals surface area contributed by atoms with Crippen LogP contribution in [0.2, 0.25) is 0 Å². The van der Waals surface area contributed by atoms with E-state index in [0.29, 0.717) is 0 Å². The molecule has 0 heterocycles. The van der Waals surface area contributed by atoms with Gasteiger partial charge in [0.1, 0.15) is 0 Å². The van der Waals surface area contributed by atoms with Crippen LogP contribution in [0, 0.1) is 13.8 Å². The van der Waals surface area contributed by atoms with Crippen molar-refractivity contribution in [3.8, 4) is 0 Å². The third kappa shape index (κ3) is 2.38. The van der Waals surface area contributed by atoms with E-state index < -0.39 is 0 Å². The maximum atomic E-state index is 3.40. The Labute approximate surface area is 90.8 Å². The molecule has 0 unspecified atom stereocenters. The lowest BCUT2D eigenvalue weighted by atomic mass is 10.2. The van der Waals surface area contributed by atoms with Crippen LogP contribution < -0.4 is 5.32 Å². The van der Waals surface area contributed by atoms with E-state index >= 15 is 0 Å². The van der Waals surface area contributed by atoms with E-state index in [0.717, 1.165) is 5.69 Å². The monoisotopic (exact) mass is 197 g/mol. The summed E-state index contributed by atoms with van der Waals surface area (Å²) in [5.74, 6) is 0. The van der Waals surface area contributed by atoms with Gasteiger partial charge in [-0.1, -0.05) is 35.9 Å². The molecule has 0 spiro atoms. The average Bonchev–Trinajstić information content (AvgIpc) is 2.25. The summed E-state index contributed by atoms with van der Waals surface area (Å²) in [6.45, 7) is 4.20. The van der Waals surface area contributed by atoms with Crippen LogP contribution >= 0.6 is 0 Å². The second-order valence-electron chi connectivity index (χ2n) is 3.81. The summed E-state index contributed by atoms with van der Waals surface area (Å²) >= 11 is 0. The zero-order valence-corrected chi connectivity index (χ0v) is 9.12. The van der Waals surface area contributed by atoms with E-state index in [4.69, 9.17) is 0 Å². The molecule has 0 aliphatic carbocycles. The molecule has 2 aromatic rings. The molecule has 0 radical (unpaired) electrons. The Kier molecular flexibility index (Phi) is 2.72. The van der Waals surface area contributed by atoms with Gasteiger partial charge in [0, 0.05) is 11.4 Å². The molecule has 1 nitrogen and oxygen atoms in total. The lowest BCUT2D eigenvalue weighted by Crippen LogP contribution is -1.92. The van der Waals surface area contributed by atoms with Gasteiger partial charge in [0.25, 0.3) is 0 Å². The number of nitrogens with one attached hydrogen (secondary N) is 1. The van der Waals surface area contributed by atoms with Crippen LogP contribution in [0.25, 0.3) is 0 Å². The van der Waals surface area contributed by atoms with E-state index in [-0.39, 0.29) is 0 Å². The minimum Gasteiger partial charge on any atom is -0.355 e. The van der Waals surface area contributed by atoms with Gasteiger partial charge in [-0.3, -0.25) is 0 Å². The molecular formula is C14H15N. The van der Waals surface area contributed by atoms with Crippen LogP contribution in [0.15, 0.2) is 48.5 Å². The average molecular weight is 197 g/mol. The molecule has 0 fully saturated rings. The number of benzene rings is 2. The van der Waals surface area contributed by atoms with Gasteiger partial charge in [-0.2, -0.15) is 0 Å². The summed E-state index contributed by atoms with van der Waals surface area (Å²) in [5.41, 5.74) is 4.85. The minimum absolute atomic E-state index is 1.13. The van der Waals surface area contributed by atoms with Gasteiger partial charge in [-0.25, -0.2) is 0 Å². The summed E-state index contributed by atoms with van der Waals surface area (Å²) in [5, 5.41) is 3.40. The van der Waals surface area contributed by atoms with Crippen LogP contribution in [0.1, 0.15) is 11.1 Å². The van der Waals surface area contributed by atoms with Crippen molar-refractivity contribution in [2.75, 3.05) is 5.32 Å². The Balaban J connectivity index is 2.22. The maximum absolute atomic E-state index is 3.40. The third-order valence-corrected chi connectivity index (χ3v) is 2.48. The highest BCUT2D eigenvalue weighted by molar-refractivity contribution is 5.62. The normalized spacial score (nSPS) is 10.0. The van der Waals surface area contributed by atoms with Crippen molar-refractivity contribution in [3.05, 3.63) is 59.7 Å². The first-order chi connectivity index (χ1) is 7.25. The minimum atomic E-state index is 1.13. The van der Waals surface area contributed by atoms with E-state index in [9.17, 15) is 0 Å². The predicted octanol–water partition coefficient (Wildman–Crippen LogP) is 4.05. The fourth-order valence-corrected chi connectivity index (χ4v) is 1.51. The van der Waals surface area contributed by atoms with Gasteiger partial charge in [0.05, 0.1) is 0 Å². The molecule has 0 aromatic heterocycles. The van der Waals surface area contributed by atoms with Crippen LogP contribution in [0.5, 0.6) is 0 Å². The first-order valence-corrected chi connectivity index (χ1v) is 5.15. The number of hydrogen-bond acceptors (Lipinski definition) is 1. The summed E-state index contributed by atoms with van der Waals surface area (Å²) < 4.78 is 0. The quantitative estimate of drug-likeness (QED) is 0.766. The van der Waals surface area contributed by atoms with Crippen molar-refractivity contribution < 1.29 is 0 Å². The first-order valence-electron chi connectivity index (χ1n) is 5.15. The third-order valence-electron chi connectivity index (χ3n) is 2.48. The highest BCUT2D eigenvalue weighted by Crippen LogP contribution is 2.19. The van der Waals surface area contributed by atoms with Crippen LogP contribution in [-0.2, 0) is 0 Å². The standard InChI is InChI=1S/C14H15N/c1-11-7-9-13(10-8-11)15-14-6-4-3-5-12(14)2/h3-10,15H,1-2H3. The number of para-hydroxylation sites is 1. The lowest BCUT2D eigenvalue weighted by Gasteiger charge is -2.09. The summed E-state index contributed by atoms with van der Waals surface area (Å²) in [7, 11) is 0. The number of aryl methyl sites for hydroxylation is 2. The predicted molar refractivity (Wildman–Crippen MR) is 65.6 cm³/mol. The van der Waals surface area contributed by atoms with Crippen LogP contribution in [0.3, 0.4) is 0 Å². The smallest absolute Gasteiger partial charge is 0.0413 e. The molecule has 1 N–H and O–H groups in total. The molecule has 0 saturated carbocycles. The molecule has 2 rings (SSSR count). The van der Waals surface area contributed by atoms with E-state index in [1.807, 2.05) is 6.07 Å². The topological polar surface area (TPSA) is 12.0 Å². The molecule has 0 atom stereocenters. The van der Waals surface area contributed by atoms with Gasteiger partial charge < -0.3 is 5.32 Å². The van der Waals surface area contributed by atoms with E-state index in [2.05, 4.69) is 61.6 Å². The number of hydrogen-bond donors (Lipinski definition) is 1. The van der Waals surface area contributed by atoms with Crippen molar-refractivity contribution >= 4 is 11.4 Å². The van der Waals surface area contributed by atoms with Crippen molar-refractivity contribution in [1.82, 2.24) is 0 Å². The highest BCUT2D eigenvalue weighted by atomic mass is 14.9. The lowest BCUT2D eigenvalue weighted by molar-refractivity contribution is 1.41. The summed E-state index contributed by atoms with van der Waals surface area (Å²) in [6.07, 6.45) is 0. The Morgan fingerprint density at radius 2 is 1.47 bits per heavy atom. The fourth-order valence-electron chi connectivity index (χ4n) is 1.51. The number of rotatable bonds is 2. The molecule has 0 saturated heterocycles. The molecule has 0 amide bonds. The van der Waals surface area contributed by atoms with E-state index in [1.165, 1.54) is 16.8 Å². The number of anilines is 2. The SMILES string of the molecule is Cc1ccc(Nc2ccccc2C)cc1. The molecular weight excluding hydrogens is 182 g/mol. The Morgan fingerprint density at radius 1 is 0.800 bits per heavy atom. The molecule has 1 heteroatoms. The maximum Gasteiger partial charge on any atom is 0.0413 e. The van der Waals surface area contributed by atoms with Crippen molar-refractivity contribution in [1.29, 1.82) is 0 Å². The first kappa shape index (κ1) is 9.78. The highest BCUT2D eigenvalue weighted by Gasteiger charge is 1.96. The Hall–Kier alpha value is -1.76. The van der Waals surface area contributed by atoms with Gasteiger partial charge in [-0.05, 0) is 37.6 Å². The zero-order chi connectivity index (χ0) is 10.7. The fraction of sp³-hybridized carbons (Fsp3) is 0.143. The second-order valence-corrected chi connectivity index (χ2v) is 3.81. The summed E-state index contributed by atoms with van der Waals surface area (Å²) in [4.78, 5) is 0. The molecule has 0 bridgehead atoms. The van der Waals surface area contributed by atoms with Crippen LogP contribution in [-0.4, -0.2) is 0 Å². The molecule has 2 aromatic carbocycles. The molecule has 15 heavy (non-hydrogen) atoms. The zero-order valence-electron chi connectivity index (χ0n) is 9.12. The van der Waals surface area contributed by atoms with Crippen molar-refractivity contribution in [2.45, 2.75) is 13.8 Å². The van der Waals surface area contributed by atoms with E-state index in [1.54, 1.807) is 0 Å². The van der Waals surface area contributed by atoms with Crippen molar-refractivity contribution in [3.63, 3.8) is 0 Å². The Morgan fingerprint density at radius 3 is 2.13 bits per heavy atom. The van der Waals surface area contributed by atoms with Crippen molar-refractivity contribution in [2.24, 2.45) is 0 Å². The van der Waals surface area contributed by atoms with Gasteiger partial charge >= 0.3 is 0 Å². The molecule has 76 valence electrons. The van der Waals surface area contributed by atoms with Gasteiger partial charge in [0.15, 0.2) is 0 Å². The van der Waals surface area contributed by atoms with Gasteiger partial charge in [0.2, 0.25) is 0 Å². The molecule has 0 aliphatic heterocycles. The second kappa shape index (κ2) is 4.18. The Bertz CT molecular complexity index is 443.